The predicted molar refractivity (Wildman–Crippen MR) is 119 cm³/mol. The van der Waals surface area contributed by atoms with Crippen LogP contribution in [0.4, 0.5) is 11.4 Å². The summed E-state index contributed by atoms with van der Waals surface area (Å²) in [4.78, 5) is 4.47. The summed E-state index contributed by atoms with van der Waals surface area (Å²) in [5.74, 6) is 1.13. The summed E-state index contributed by atoms with van der Waals surface area (Å²) in [5.41, 5.74) is 6.11. The first-order valence-electron chi connectivity index (χ1n) is 10.1. The van der Waals surface area contributed by atoms with Crippen molar-refractivity contribution in [2.24, 2.45) is 0 Å². The Labute approximate surface area is 165 Å². The lowest BCUT2D eigenvalue weighted by Crippen LogP contribution is -2.19. The van der Waals surface area contributed by atoms with Crippen LogP contribution in [0.5, 0.6) is 5.75 Å². The third-order valence-corrected chi connectivity index (χ3v) is 8.76. The normalized spacial score (nSPS) is 19.5. The molecule has 2 aliphatic rings. The van der Waals surface area contributed by atoms with Crippen molar-refractivity contribution in [3.63, 3.8) is 0 Å². The highest BCUT2D eigenvalue weighted by molar-refractivity contribution is 7.67. The Balaban J connectivity index is 1.89. The second-order valence-corrected chi connectivity index (χ2v) is 10.5. The van der Waals surface area contributed by atoms with Crippen LogP contribution in [-0.4, -0.2) is 40.2 Å². The molecular weight excluding hydrogens is 351 g/mol. The molecule has 0 bridgehead atoms. The van der Waals surface area contributed by atoms with E-state index in [0.717, 1.165) is 17.8 Å². The van der Waals surface area contributed by atoms with Crippen LogP contribution < -0.4 is 19.8 Å². The van der Waals surface area contributed by atoms with Crippen LogP contribution in [0.15, 0.2) is 36.4 Å². The smallest absolute Gasteiger partial charge is 0.128 e. The third kappa shape index (κ3) is 3.43. The van der Waals surface area contributed by atoms with E-state index in [1.54, 1.807) is 0 Å². The Morgan fingerprint density at radius 2 is 1.48 bits per heavy atom. The maximum absolute atomic E-state index is 6.23. The van der Waals surface area contributed by atoms with Gasteiger partial charge in [0.25, 0.3) is 0 Å². The molecule has 2 aromatic rings. The molecule has 27 heavy (non-hydrogen) atoms. The Kier molecular flexibility index (Phi) is 5.32. The van der Waals surface area contributed by atoms with Crippen LogP contribution in [0.1, 0.15) is 32.1 Å². The van der Waals surface area contributed by atoms with Crippen LogP contribution in [0.3, 0.4) is 0 Å². The van der Waals surface area contributed by atoms with Crippen molar-refractivity contribution in [1.82, 2.24) is 0 Å². The van der Waals surface area contributed by atoms with E-state index >= 15 is 0 Å². The molecular formula is C23H31N2OP. The number of rotatable bonds is 4. The maximum Gasteiger partial charge on any atom is 0.128 e. The first kappa shape index (κ1) is 18.6. The quantitative estimate of drug-likeness (QED) is 0.670. The lowest BCUT2D eigenvalue weighted by atomic mass is 9.99. The Morgan fingerprint density at radius 3 is 2.11 bits per heavy atom. The van der Waals surface area contributed by atoms with Crippen molar-refractivity contribution in [3.05, 3.63) is 36.4 Å². The zero-order chi connectivity index (χ0) is 19.0. The van der Waals surface area contributed by atoms with Crippen molar-refractivity contribution in [2.75, 3.05) is 44.3 Å². The van der Waals surface area contributed by atoms with Gasteiger partial charge in [0.2, 0.25) is 0 Å². The highest BCUT2D eigenvalue weighted by Gasteiger charge is 2.35. The Morgan fingerprint density at radius 1 is 0.852 bits per heavy atom. The summed E-state index contributed by atoms with van der Waals surface area (Å²) >= 11 is 0. The summed E-state index contributed by atoms with van der Waals surface area (Å²) in [5, 5.41) is 1.51. The van der Waals surface area contributed by atoms with Crippen molar-refractivity contribution in [2.45, 2.75) is 37.8 Å². The van der Waals surface area contributed by atoms with E-state index in [9.17, 15) is 0 Å². The zero-order valence-corrected chi connectivity index (χ0v) is 17.9. The third-order valence-electron chi connectivity index (χ3n) is 5.91. The molecule has 0 N–H and O–H groups in total. The van der Waals surface area contributed by atoms with E-state index in [1.165, 1.54) is 59.9 Å². The van der Waals surface area contributed by atoms with Gasteiger partial charge in [0.05, 0.1) is 0 Å². The number of hydrogen-bond acceptors (Lipinski definition) is 3. The molecule has 0 saturated heterocycles. The molecule has 1 heterocycles. The SMILES string of the molecule is CN(C)c1cccc(N(C)C)c1-c1cccc2c1[P@](C1CCCCC1)CO2. The van der Waals surface area contributed by atoms with Gasteiger partial charge in [-0.15, -0.1) is 0 Å². The highest BCUT2D eigenvalue weighted by Crippen LogP contribution is 2.55. The summed E-state index contributed by atoms with van der Waals surface area (Å²) in [6.07, 6.45) is 7.84. The van der Waals surface area contributed by atoms with Crippen LogP contribution in [0.25, 0.3) is 11.1 Å². The predicted octanol–water partition coefficient (Wildman–Crippen LogP) is 5.28. The minimum atomic E-state index is -0.246. The minimum absolute atomic E-state index is 0.246. The van der Waals surface area contributed by atoms with E-state index in [2.05, 4.69) is 74.4 Å². The number of anilines is 2. The van der Waals surface area contributed by atoms with E-state index in [0.29, 0.717) is 0 Å². The second-order valence-electron chi connectivity index (χ2n) is 8.15. The lowest BCUT2D eigenvalue weighted by molar-refractivity contribution is 0.399. The summed E-state index contributed by atoms with van der Waals surface area (Å²) < 4.78 is 6.23. The van der Waals surface area contributed by atoms with Crippen LogP contribution in [0, 0.1) is 0 Å². The van der Waals surface area contributed by atoms with Crippen molar-refractivity contribution < 1.29 is 4.74 Å². The average molecular weight is 382 g/mol. The molecule has 4 rings (SSSR count). The first-order chi connectivity index (χ1) is 13.1. The molecule has 1 saturated carbocycles. The fourth-order valence-corrected chi connectivity index (χ4v) is 7.46. The standard InChI is InChI=1S/C23H31N2OP/c1-24(2)19-13-9-14-20(25(3)4)22(19)18-12-8-15-21-23(18)27(16-26-21)17-10-6-5-7-11-17/h8-9,12-15,17H,5-7,10-11,16H2,1-4H3/t27-/m0/s1. The monoisotopic (exact) mass is 382 g/mol. The fraction of sp³-hybridized carbons (Fsp3) is 0.478. The van der Waals surface area contributed by atoms with E-state index < -0.39 is 0 Å². The molecule has 1 atom stereocenters. The van der Waals surface area contributed by atoms with Gasteiger partial charge in [-0.3, -0.25) is 0 Å². The molecule has 0 aromatic heterocycles. The van der Waals surface area contributed by atoms with Crippen LogP contribution in [-0.2, 0) is 0 Å². The van der Waals surface area contributed by atoms with E-state index in [1.807, 2.05) is 0 Å². The zero-order valence-electron chi connectivity index (χ0n) is 17.0. The van der Waals surface area contributed by atoms with Gasteiger partial charge < -0.3 is 14.5 Å². The van der Waals surface area contributed by atoms with Crippen molar-refractivity contribution in [1.29, 1.82) is 0 Å². The molecule has 1 aliphatic carbocycles. The van der Waals surface area contributed by atoms with E-state index in [-0.39, 0.29) is 7.92 Å². The Hall–Kier alpha value is -1.73. The number of fused-ring (bicyclic) bond motifs is 1. The average Bonchev–Trinajstić information content (AvgIpc) is 3.12. The molecule has 144 valence electrons. The highest BCUT2D eigenvalue weighted by atomic mass is 31.1. The number of hydrogen-bond donors (Lipinski definition) is 0. The largest absolute Gasteiger partial charge is 0.488 e. The maximum atomic E-state index is 6.23. The molecule has 0 unspecified atom stereocenters. The Bertz CT molecular complexity index is 786. The molecule has 3 nitrogen and oxygen atoms in total. The molecule has 1 aliphatic heterocycles. The van der Waals surface area contributed by atoms with Gasteiger partial charge in [-0.25, -0.2) is 0 Å². The number of ether oxygens (including phenoxy) is 1. The van der Waals surface area contributed by atoms with Gasteiger partial charge in [-0.05, 0) is 50.2 Å². The molecule has 4 heteroatoms. The lowest BCUT2D eigenvalue weighted by Gasteiger charge is -2.30. The molecule has 1 fully saturated rings. The van der Waals surface area contributed by atoms with Gasteiger partial charge in [0.15, 0.2) is 0 Å². The molecule has 0 amide bonds. The van der Waals surface area contributed by atoms with Crippen LogP contribution in [0.2, 0.25) is 0 Å². The summed E-state index contributed by atoms with van der Waals surface area (Å²) in [6, 6.07) is 13.3. The van der Waals surface area contributed by atoms with Gasteiger partial charge >= 0.3 is 0 Å². The molecule has 0 radical (unpaired) electrons. The number of benzene rings is 2. The topological polar surface area (TPSA) is 15.7 Å². The van der Waals surface area contributed by atoms with Gasteiger partial charge in [0.1, 0.15) is 12.1 Å². The van der Waals surface area contributed by atoms with Crippen LogP contribution >= 0.6 is 7.92 Å². The van der Waals surface area contributed by atoms with Gasteiger partial charge in [-0.1, -0.05) is 37.5 Å². The summed E-state index contributed by atoms with van der Waals surface area (Å²) in [7, 11) is 8.32. The summed E-state index contributed by atoms with van der Waals surface area (Å²) in [6.45, 7) is 0. The number of nitrogens with zero attached hydrogens (tertiary/aromatic N) is 2. The molecule has 0 spiro atoms. The minimum Gasteiger partial charge on any atom is -0.488 e. The fourth-order valence-electron chi connectivity index (χ4n) is 4.57. The van der Waals surface area contributed by atoms with Crippen molar-refractivity contribution in [3.8, 4) is 16.9 Å². The first-order valence-corrected chi connectivity index (χ1v) is 11.7. The second kappa shape index (κ2) is 7.72. The van der Waals surface area contributed by atoms with E-state index in [4.69, 9.17) is 4.74 Å². The van der Waals surface area contributed by atoms with Gasteiger partial charge in [-0.2, -0.15) is 0 Å². The van der Waals surface area contributed by atoms with Gasteiger partial charge in [0, 0.05) is 50.4 Å². The van der Waals surface area contributed by atoms with Crippen molar-refractivity contribution >= 4 is 24.6 Å². The molecule has 2 aromatic carbocycles.